The Labute approximate surface area is 183 Å². The first-order valence-corrected chi connectivity index (χ1v) is 12.3. The van der Waals surface area contributed by atoms with E-state index >= 15 is 0 Å². The molecule has 0 radical (unpaired) electrons. The summed E-state index contributed by atoms with van der Waals surface area (Å²) in [5.74, 6) is -0.332. The molecule has 1 fully saturated rings. The Morgan fingerprint density at radius 3 is 2.71 bits per heavy atom. The van der Waals surface area contributed by atoms with Gasteiger partial charge in [0.05, 0.1) is 29.1 Å². The van der Waals surface area contributed by atoms with Crippen molar-refractivity contribution in [2.45, 2.75) is 69.1 Å². The molecule has 0 bridgehead atoms. The normalized spacial score (nSPS) is 18.2. The molecule has 31 heavy (non-hydrogen) atoms. The van der Waals surface area contributed by atoms with Crippen molar-refractivity contribution in [2.75, 3.05) is 18.2 Å². The number of hydrogen-bond acceptors (Lipinski definition) is 6. The van der Waals surface area contributed by atoms with Crippen LogP contribution in [0.3, 0.4) is 0 Å². The molecule has 1 saturated heterocycles. The van der Waals surface area contributed by atoms with Crippen LogP contribution in [0, 0.1) is 6.92 Å². The van der Waals surface area contributed by atoms with Gasteiger partial charge in [0.25, 0.3) is 0 Å². The zero-order valence-electron chi connectivity index (χ0n) is 18.5. The lowest BCUT2D eigenvalue weighted by Crippen LogP contribution is -2.27. The number of hydrogen-bond donors (Lipinski definition) is 2. The van der Waals surface area contributed by atoms with Gasteiger partial charge in [-0.15, -0.1) is 0 Å². The van der Waals surface area contributed by atoms with Crippen LogP contribution >= 0.6 is 0 Å². The summed E-state index contributed by atoms with van der Waals surface area (Å²) in [4.78, 5) is 13.5. The van der Waals surface area contributed by atoms with Crippen LogP contribution in [0.1, 0.15) is 50.2 Å². The van der Waals surface area contributed by atoms with Crippen molar-refractivity contribution in [2.24, 2.45) is 0 Å². The molecule has 0 aliphatic carbocycles. The molecule has 8 nitrogen and oxygen atoms in total. The summed E-state index contributed by atoms with van der Waals surface area (Å²) in [7, 11) is -3.34. The number of benzene rings is 1. The second kappa shape index (κ2) is 9.10. The molecule has 1 aliphatic heterocycles. The van der Waals surface area contributed by atoms with Gasteiger partial charge in [-0.3, -0.25) is 9.48 Å². The number of nitrogens with one attached hydrogen (secondary N) is 1. The Hall–Kier alpha value is -2.23. The molecule has 170 valence electrons. The summed E-state index contributed by atoms with van der Waals surface area (Å²) in [6.07, 6.45) is 5.23. The number of anilines is 1. The highest BCUT2D eigenvalue weighted by molar-refractivity contribution is 7.90. The van der Waals surface area contributed by atoms with Crippen LogP contribution in [0.2, 0.25) is 0 Å². The molecule has 0 saturated carbocycles. The fourth-order valence-electron chi connectivity index (χ4n) is 3.92. The van der Waals surface area contributed by atoms with Crippen molar-refractivity contribution in [3.63, 3.8) is 0 Å². The van der Waals surface area contributed by atoms with E-state index in [1.807, 2.05) is 0 Å². The molecule has 1 amide bonds. The van der Waals surface area contributed by atoms with E-state index in [1.54, 1.807) is 55.9 Å². The second-order valence-electron chi connectivity index (χ2n) is 8.92. The number of aromatic nitrogens is 2. The molecular formula is C22H31N3O5S. The van der Waals surface area contributed by atoms with Crippen molar-refractivity contribution < 1.29 is 23.1 Å². The van der Waals surface area contributed by atoms with Gasteiger partial charge in [0.1, 0.15) is 0 Å². The van der Waals surface area contributed by atoms with Crippen molar-refractivity contribution in [1.82, 2.24) is 9.78 Å². The Kier molecular flexibility index (Phi) is 6.88. The van der Waals surface area contributed by atoms with Crippen LogP contribution in [-0.2, 0) is 25.9 Å². The zero-order valence-corrected chi connectivity index (χ0v) is 19.3. The maximum Gasteiger partial charge on any atom is 0.233 e. The fourth-order valence-corrected chi connectivity index (χ4v) is 4.88. The summed E-state index contributed by atoms with van der Waals surface area (Å²) >= 11 is 0. The van der Waals surface area contributed by atoms with E-state index in [2.05, 4.69) is 10.4 Å². The molecule has 0 unspecified atom stereocenters. The molecule has 9 heteroatoms. The average Bonchev–Trinajstić information content (AvgIpc) is 3.29. The monoisotopic (exact) mass is 449 g/mol. The molecule has 1 aromatic carbocycles. The standard InChI is InChI=1S/C22H31N3O5S/c1-15-12-16(7-8-19(15)31(4,28)29)18(13-17-6-5-11-30-17)21(26)23-20-9-10-25(24-20)14-22(2,3)27/h7-10,12,17-18,27H,5-6,11,13-14H2,1-4H3,(H,23,24,26)/t17-,18-/m1/s1. The van der Waals surface area contributed by atoms with E-state index in [4.69, 9.17) is 4.74 Å². The number of carbonyl (C=O) groups is 1. The Morgan fingerprint density at radius 1 is 1.39 bits per heavy atom. The maximum absolute atomic E-state index is 13.2. The van der Waals surface area contributed by atoms with Gasteiger partial charge in [-0.25, -0.2) is 8.42 Å². The highest BCUT2D eigenvalue weighted by Gasteiger charge is 2.28. The molecular weight excluding hydrogens is 418 g/mol. The van der Waals surface area contributed by atoms with E-state index in [-0.39, 0.29) is 16.9 Å². The number of amides is 1. The van der Waals surface area contributed by atoms with Crippen molar-refractivity contribution in [1.29, 1.82) is 0 Å². The number of nitrogens with zero attached hydrogens (tertiary/aromatic N) is 2. The highest BCUT2D eigenvalue weighted by Crippen LogP contribution is 2.30. The zero-order chi connectivity index (χ0) is 22.8. The van der Waals surface area contributed by atoms with Crippen LogP contribution in [0.5, 0.6) is 0 Å². The van der Waals surface area contributed by atoms with Crippen molar-refractivity contribution in [3.8, 4) is 0 Å². The largest absolute Gasteiger partial charge is 0.389 e. The third kappa shape index (κ3) is 6.38. The lowest BCUT2D eigenvalue weighted by molar-refractivity contribution is -0.118. The molecule has 1 aliphatic rings. The first-order valence-electron chi connectivity index (χ1n) is 10.4. The molecule has 2 N–H and O–H groups in total. The second-order valence-corrected chi connectivity index (χ2v) is 10.9. The molecule has 0 spiro atoms. The van der Waals surface area contributed by atoms with Gasteiger partial charge in [-0.2, -0.15) is 5.10 Å². The van der Waals surface area contributed by atoms with E-state index in [1.165, 1.54) is 6.26 Å². The first kappa shape index (κ1) is 23.4. The SMILES string of the molecule is Cc1cc([C@@H](C[C@H]2CCCO2)C(=O)Nc2ccn(CC(C)(C)O)n2)ccc1S(C)(=O)=O. The van der Waals surface area contributed by atoms with Crippen LogP contribution < -0.4 is 5.32 Å². The maximum atomic E-state index is 13.2. The highest BCUT2D eigenvalue weighted by atomic mass is 32.2. The van der Waals surface area contributed by atoms with Crippen LogP contribution in [-0.4, -0.2) is 53.8 Å². The third-order valence-corrected chi connectivity index (χ3v) is 6.54. The van der Waals surface area contributed by atoms with Crippen molar-refractivity contribution in [3.05, 3.63) is 41.6 Å². The lowest BCUT2D eigenvalue weighted by atomic mass is 9.90. The number of rotatable bonds is 8. The van der Waals surface area contributed by atoms with Gasteiger partial charge < -0.3 is 15.2 Å². The smallest absolute Gasteiger partial charge is 0.233 e. The number of aryl methyl sites for hydroxylation is 1. The molecule has 2 atom stereocenters. The molecule has 2 aromatic rings. The fraction of sp³-hybridized carbons (Fsp3) is 0.545. The summed E-state index contributed by atoms with van der Waals surface area (Å²) < 4.78 is 31.3. The van der Waals surface area contributed by atoms with E-state index < -0.39 is 21.4 Å². The summed E-state index contributed by atoms with van der Waals surface area (Å²) in [5, 5.41) is 17.1. The summed E-state index contributed by atoms with van der Waals surface area (Å²) in [5.41, 5.74) is 0.433. The molecule has 1 aromatic heterocycles. The van der Waals surface area contributed by atoms with Crippen molar-refractivity contribution >= 4 is 21.6 Å². The van der Waals surface area contributed by atoms with Gasteiger partial charge in [0.15, 0.2) is 15.7 Å². The lowest BCUT2D eigenvalue weighted by Gasteiger charge is -2.21. The Balaban J connectivity index is 1.83. The topological polar surface area (TPSA) is 111 Å². The van der Waals surface area contributed by atoms with Gasteiger partial charge >= 0.3 is 0 Å². The minimum Gasteiger partial charge on any atom is -0.389 e. The van der Waals surface area contributed by atoms with Gasteiger partial charge in [-0.1, -0.05) is 12.1 Å². The quantitative estimate of drug-likeness (QED) is 0.641. The van der Waals surface area contributed by atoms with Gasteiger partial charge in [0, 0.05) is 25.1 Å². The van der Waals surface area contributed by atoms with Gasteiger partial charge in [0.2, 0.25) is 5.91 Å². The number of carbonyl (C=O) groups excluding carboxylic acids is 1. The number of sulfone groups is 1. The minimum absolute atomic E-state index is 0.0154. The minimum atomic E-state index is -3.34. The predicted molar refractivity (Wildman–Crippen MR) is 118 cm³/mol. The first-order chi connectivity index (χ1) is 14.4. The van der Waals surface area contributed by atoms with Crippen LogP contribution in [0.15, 0.2) is 35.4 Å². The predicted octanol–water partition coefficient (Wildman–Crippen LogP) is 2.66. The summed E-state index contributed by atoms with van der Waals surface area (Å²) in [6.45, 7) is 6.10. The Morgan fingerprint density at radius 2 is 2.13 bits per heavy atom. The van der Waals surface area contributed by atoms with Crippen LogP contribution in [0.4, 0.5) is 5.82 Å². The number of aliphatic hydroxyl groups is 1. The van der Waals surface area contributed by atoms with E-state index in [0.717, 1.165) is 18.4 Å². The van der Waals surface area contributed by atoms with E-state index in [9.17, 15) is 18.3 Å². The number of ether oxygens (including phenoxy) is 1. The van der Waals surface area contributed by atoms with E-state index in [0.29, 0.717) is 31.0 Å². The Bertz CT molecular complexity index is 1030. The molecule has 2 heterocycles. The van der Waals surface area contributed by atoms with Gasteiger partial charge in [-0.05, 0) is 57.2 Å². The van der Waals surface area contributed by atoms with Crippen LogP contribution in [0.25, 0.3) is 0 Å². The third-order valence-electron chi connectivity index (χ3n) is 5.28. The average molecular weight is 450 g/mol. The summed E-state index contributed by atoms with van der Waals surface area (Å²) in [6, 6.07) is 6.72. The molecule has 3 rings (SSSR count).